The Morgan fingerprint density at radius 1 is 0.347 bits per heavy atom. The summed E-state index contributed by atoms with van der Waals surface area (Å²) in [5.41, 5.74) is 2.87. The number of halogens is 4. The van der Waals surface area contributed by atoms with Gasteiger partial charge in [-0.2, -0.15) is 0 Å². The van der Waals surface area contributed by atoms with Gasteiger partial charge < -0.3 is 81.4 Å². The number of hydrogen-bond donors (Lipinski definition) is 2. The molecule has 660 valence electrons. The summed E-state index contributed by atoms with van der Waals surface area (Å²) in [6.07, 6.45) is 7.89. The van der Waals surface area contributed by atoms with Crippen LogP contribution in [-0.2, 0) is 60.9 Å². The highest BCUT2D eigenvalue weighted by molar-refractivity contribution is 9.10. The summed E-state index contributed by atoms with van der Waals surface area (Å²) in [5, 5.41) is 6.81. The predicted molar refractivity (Wildman–Crippen MR) is 487 cm³/mol. The maximum atomic E-state index is 12.2. The molecule has 0 atom stereocenters. The lowest BCUT2D eigenvalue weighted by Crippen LogP contribution is -2.41. The normalized spacial score (nSPS) is 21.2. The van der Waals surface area contributed by atoms with E-state index >= 15 is 0 Å². The smallest absolute Gasteiger partial charge is 0.444 e. The second-order valence-corrected chi connectivity index (χ2v) is 41.3. The van der Waals surface area contributed by atoms with Crippen LogP contribution in [0.25, 0.3) is 0 Å². The maximum absolute atomic E-state index is 12.2. The van der Waals surface area contributed by atoms with Crippen LogP contribution in [0.4, 0.5) is 19.2 Å². The van der Waals surface area contributed by atoms with Gasteiger partial charge in [-0.1, -0.05) is 105 Å². The van der Waals surface area contributed by atoms with E-state index in [0.29, 0.717) is 17.8 Å². The minimum absolute atomic E-state index is 0. The number of hydrogen-bond acceptors (Lipinski definition) is 19. The molecule has 0 radical (unpaired) electrons. The monoisotopic (exact) mass is 1810 g/mol. The van der Waals surface area contributed by atoms with Gasteiger partial charge in [-0.25, -0.2) is 19.2 Å². The number of nitrogens with one attached hydrogen (secondary N) is 2. The summed E-state index contributed by atoms with van der Waals surface area (Å²) in [7, 11) is -1.53. The van der Waals surface area contributed by atoms with Crippen molar-refractivity contribution in [1.29, 1.82) is 0 Å². The lowest BCUT2D eigenvalue weighted by atomic mass is 9.49. The van der Waals surface area contributed by atoms with E-state index in [1.54, 1.807) is 41.5 Å². The summed E-state index contributed by atoms with van der Waals surface area (Å²) >= 11 is 11.6. The Kier molecular flexibility index (Phi) is 37.9. The first-order chi connectivity index (χ1) is 53.9. The maximum Gasteiger partial charge on any atom is 0.519 e. The van der Waals surface area contributed by atoms with E-state index < -0.39 is 48.7 Å². The van der Waals surface area contributed by atoms with E-state index in [1.807, 2.05) is 107 Å². The molecule has 8 aliphatic rings. The third-order valence-electron chi connectivity index (χ3n) is 23.2. The molecule has 0 aliphatic carbocycles. The van der Waals surface area contributed by atoms with Crippen molar-refractivity contribution in [2.24, 2.45) is 0 Å². The lowest BCUT2D eigenvalue weighted by molar-refractivity contribution is -0.0295. The minimum atomic E-state index is -1.06. The first-order valence-electron chi connectivity index (χ1n) is 41.9. The molecule has 12 rings (SSSR count). The highest BCUT2D eigenvalue weighted by atomic mass is 79.9. The van der Waals surface area contributed by atoms with E-state index in [9.17, 15) is 19.2 Å². The Bertz CT molecular complexity index is 3650. The number of amides is 2. The van der Waals surface area contributed by atoms with Crippen molar-refractivity contribution in [3.8, 4) is 0 Å². The van der Waals surface area contributed by atoms with Crippen molar-refractivity contribution in [3.05, 3.63) is 128 Å². The van der Waals surface area contributed by atoms with E-state index in [4.69, 9.17) is 56.2 Å². The van der Waals surface area contributed by atoms with Gasteiger partial charge in [-0.3, -0.25) is 0 Å². The second-order valence-electron chi connectivity index (χ2n) is 39.4. The molecule has 8 fully saturated rings. The predicted octanol–water partition coefficient (Wildman–Crippen LogP) is 20.4. The number of alkyl halides is 1. The highest BCUT2D eigenvalue weighted by Crippen LogP contribution is 2.44. The molecule has 8 saturated heterocycles. The van der Waals surface area contributed by atoms with Crippen LogP contribution in [-0.4, -0.2) is 189 Å². The van der Waals surface area contributed by atoms with Gasteiger partial charge in [-0.15, -0.1) is 24.0 Å². The van der Waals surface area contributed by atoms with E-state index in [2.05, 4.69) is 211 Å². The molecule has 8 heterocycles. The summed E-state index contributed by atoms with van der Waals surface area (Å²) in [6, 6.07) is 34.6. The second kappa shape index (κ2) is 43.0. The average Bonchev–Trinajstić information content (AvgIpc) is 1.60. The number of nitrogens with zero attached hydrogens (tertiary/aromatic N) is 2. The SMILES string of the molecule is Brc1ccc(C2CCNCC2)cc1.CC(C)(C)OC(=O)N1CCC(c2ccc(B3OC(C)(C)C(C)(C)O3)cc2)CC1.CC(C)(C)OC(=O)N1CCC(c2ccc(Br)cc2)CC1.CC(C)(C)OC(=O)OC(=O)OC(C)(C)C.CC1(C)OB(B2OC(C)(C)C(C)(C)O2)OC1(C)C.CC1(C)OB(c2ccc(C3CCNCC3)cc2)OC1(C)C.CCl.Cl. The van der Waals surface area contributed by atoms with Crippen molar-refractivity contribution in [3.63, 3.8) is 0 Å². The largest absolute Gasteiger partial charge is 0.519 e. The molecule has 0 spiro atoms. The fraction of sp³-hybridized carbons (Fsp3) is 0.685. The Morgan fingerprint density at radius 3 is 0.771 bits per heavy atom. The molecule has 2 amide bonds. The van der Waals surface area contributed by atoms with Crippen LogP contribution in [0.15, 0.2) is 106 Å². The van der Waals surface area contributed by atoms with Gasteiger partial charge >= 0.3 is 52.8 Å². The molecule has 0 saturated carbocycles. The summed E-state index contributed by atoms with van der Waals surface area (Å²) in [4.78, 5) is 49.9. The average molecular weight is 1810 g/mol. The number of benzene rings is 4. The number of likely N-dealkylation sites (tertiary alicyclic amines) is 2. The fourth-order valence-corrected chi connectivity index (χ4v) is 14.2. The molecule has 4 aromatic rings. The van der Waals surface area contributed by atoms with E-state index in [-0.39, 0.29) is 83.6 Å². The van der Waals surface area contributed by atoms with Crippen molar-refractivity contribution in [2.75, 3.05) is 58.7 Å². The van der Waals surface area contributed by atoms with E-state index in [0.717, 1.165) is 86.3 Å². The Labute approximate surface area is 738 Å². The number of carbonyl (C=O) groups is 4. The Morgan fingerprint density at radius 2 is 0.551 bits per heavy atom. The van der Waals surface area contributed by atoms with Crippen LogP contribution in [0, 0.1) is 0 Å². The van der Waals surface area contributed by atoms with Gasteiger partial charge in [0.25, 0.3) is 0 Å². The number of rotatable bonds is 7. The molecular formula is C89H142B4Br2Cl2N4O17. The molecule has 21 nitrogen and oxygen atoms in total. The highest BCUT2D eigenvalue weighted by Gasteiger charge is 2.64. The first-order valence-corrected chi connectivity index (χ1v) is 44.2. The fourth-order valence-electron chi connectivity index (χ4n) is 13.6. The van der Waals surface area contributed by atoms with Crippen LogP contribution in [0.5, 0.6) is 0 Å². The summed E-state index contributed by atoms with van der Waals surface area (Å²) in [5.74, 6) is 2.47. The van der Waals surface area contributed by atoms with Crippen molar-refractivity contribution in [1.82, 2.24) is 20.4 Å². The lowest BCUT2D eigenvalue weighted by Gasteiger charge is -2.33. The van der Waals surface area contributed by atoms with Crippen molar-refractivity contribution >= 4 is 120 Å². The van der Waals surface area contributed by atoms with Gasteiger partial charge in [0, 0.05) is 41.5 Å². The number of ether oxygens (including phenoxy) is 5. The van der Waals surface area contributed by atoms with Crippen LogP contribution >= 0.6 is 55.9 Å². The van der Waals surface area contributed by atoms with E-state index in [1.165, 1.54) is 71.9 Å². The van der Waals surface area contributed by atoms with Gasteiger partial charge in [0.2, 0.25) is 0 Å². The van der Waals surface area contributed by atoms with Gasteiger partial charge in [0.1, 0.15) is 22.4 Å². The Balaban J connectivity index is 0.000000255. The third kappa shape index (κ3) is 31.7. The topological polar surface area (TPSA) is 219 Å². The molecule has 8 aliphatic heterocycles. The molecule has 29 heteroatoms. The van der Waals surface area contributed by atoms with Crippen LogP contribution in [0.2, 0.25) is 0 Å². The zero-order valence-corrected chi connectivity index (χ0v) is 81.3. The number of piperidine rings is 4. The number of carbonyl (C=O) groups excluding carboxylic acids is 4. The molecule has 118 heavy (non-hydrogen) atoms. The third-order valence-corrected chi connectivity index (χ3v) is 24.3. The molecule has 0 aromatic heterocycles. The van der Waals surface area contributed by atoms with Gasteiger partial charge in [0.15, 0.2) is 0 Å². The summed E-state index contributed by atoms with van der Waals surface area (Å²) in [6.45, 7) is 61.9. The zero-order chi connectivity index (χ0) is 87.9. The molecule has 0 unspecified atom stereocenters. The standard InChI is InChI=1S/C22H34BNO4.C17H26BNO2.C16H22BrNO2.C12H24B2O4.C11H14BrN.C10H18O5.CH3Cl.ClH/c1-20(2,3)26-19(25)24-14-12-17(13-15-24)16-8-10-18(11-9-16)23-27-21(4,5)22(6,7)28-23;1-16(2)17(3,4)21-18(20-16)15-7-5-13(6-8-15)14-9-11-19-12-10-14;1-16(2,3)20-15(19)18-10-8-13(9-11-18)12-4-6-14(17)7-5-12;1-9(2)10(3,4)16-13(15-9)14-17-11(5,6)12(7,8)18-14;12-11-3-1-9(2-4-11)10-5-7-13-8-6-10;1-9(2,3)14-7(11)13-8(12)15-10(4,5)6;1-2;/h8-11,17H,12-15H2,1-7H3;5-8,14,19H,9-12H2,1-4H3;4-7,13H,8-11H2,1-3H3;1-8H3;1-4,10,13H,5-8H2;1-6H3;1H3;1H. The van der Waals surface area contributed by atoms with Crippen molar-refractivity contribution < 1.29 is 80.1 Å². The minimum Gasteiger partial charge on any atom is -0.444 e. The quantitative estimate of drug-likeness (QED) is 0.0578. The van der Waals surface area contributed by atoms with Crippen LogP contribution in [0.3, 0.4) is 0 Å². The summed E-state index contributed by atoms with van der Waals surface area (Å²) < 4.78 is 75.3. The zero-order valence-electron chi connectivity index (χ0n) is 76.5. The van der Waals surface area contributed by atoms with Crippen LogP contribution < -0.4 is 21.6 Å². The van der Waals surface area contributed by atoms with Gasteiger partial charge in [-0.05, 0) is 353 Å². The van der Waals surface area contributed by atoms with Crippen molar-refractivity contribution in [2.45, 2.75) is 336 Å². The molecule has 0 bridgehead atoms. The van der Waals surface area contributed by atoms with Gasteiger partial charge in [0.05, 0.1) is 44.8 Å². The van der Waals surface area contributed by atoms with Crippen LogP contribution in [0.1, 0.15) is 291 Å². The molecular weight excluding hydrogens is 1670 g/mol. The molecule has 4 aromatic carbocycles. The Hall–Kier alpha value is -4.44. The molecule has 2 N–H and O–H groups in total. The first kappa shape index (κ1) is 104.